The highest BCUT2D eigenvalue weighted by molar-refractivity contribution is 5.75. The Morgan fingerprint density at radius 3 is 2.87 bits per heavy atom. The van der Waals surface area contributed by atoms with Gasteiger partial charge in [-0.3, -0.25) is 9.69 Å². The fraction of sp³-hybridized carbons (Fsp3) is 0.565. The van der Waals surface area contributed by atoms with Gasteiger partial charge < -0.3 is 10.1 Å². The highest BCUT2D eigenvalue weighted by Crippen LogP contribution is 2.25. The van der Waals surface area contributed by atoms with Gasteiger partial charge in [0, 0.05) is 38.5 Å². The molecule has 0 spiro atoms. The van der Waals surface area contributed by atoms with E-state index in [0.29, 0.717) is 25.4 Å². The highest BCUT2D eigenvalue weighted by atomic mass is 19.1. The molecule has 2 saturated heterocycles. The maximum atomic E-state index is 13.8. The number of amides is 1. The fourth-order valence-corrected chi connectivity index (χ4v) is 4.45. The summed E-state index contributed by atoms with van der Waals surface area (Å²) in [7, 11) is 0. The number of piperidine rings is 1. The zero-order valence-corrected chi connectivity index (χ0v) is 17.4. The molecule has 1 atom stereocenters. The zero-order chi connectivity index (χ0) is 20.8. The standard InChI is InChI=1S/C23H31FN4O2/c24-20-5-6-22(28-11-2-10-26-28)19(15-20)17-27-12-8-18(9-13-27)4-7-23(29)25-16-21-3-1-14-30-21/h2,5-6,10-11,15,18,21H,1,3-4,7-9,12-14,16-17H2,(H,25,29)/t21-/m1/s1. The molecule has 1 aromatic heterocycles. The van der Waals surface area contributed by atoms with Gasteiger partial charge in [-0.25, -0.2) is 9.07 Å². The molecule has 1 aromatic carbocycles. The van der Waals surface area contributed by atoms with E-state index in [1.54, 1.807) is 23.0 Å². The largest absolute Gasteiger partial charge is 0.376 e. The van der Waals surface area contributed by atoms with Crippen molar-refractivity contribution in [3.05, 3.63) is 48.0 Å². The first kappa shape index (κ1) is 21.0. The van der Waals surface area contributed by atoms with Crippen LogP contribution in [-0.4, -0.2) is 52.9 Å². The third-order valence-electron chi connectivity index (χ3n) is 6.22. The van der Waals surface area contributed by atoms with Crippen LogP contribution >= 0.6 is 0 Å². The van der Waals surface area contributed by atoms with E-state index < -0.39 is 0 Å². The summed E-state index contributed by atoms with van der Waals surface area (Å²) in [5.74, 6) is 0.495. The molecule has 4 rings (SSSR count). The van der Waals surface area contributed by atoms with Crippen LogP contribution in [0.1, 0.15) is 44.1 Å². The summed E-state index contributed by atoms with van der Waals surface area (Å²) in [5, 5.41) is 7.31. The van der Waals surface area contributed by atoms with E-state index in [-0.39, 0.29) is 17.8 Å². The molecule has 0 saturated carbocycles. The van der Waals surface area contributed by atoms with Crippen LogP contribution in [0.25, 0.3) is 5.69 Å². The Morgan fingerprint density at radius 2 is 2.13 bits per heavy atom. The Hall–Kier alpha value is -2.25. The number of hydrogen-bond acceptors (Lipinski definition) is 4. The van der Waals surface area contributed by atoms with Crippen LogP contribution in [0.4, 0.5) is 4.39 Å². The smallest absolute Gasteiger partial charge is 0.220 e. The molecule has 0 bridgehead atoms. The minimum absolute atomic E-state index is 0.136. The van der Waals surface area contributed by atoms with Crippen LogP contribution in [0.3, 0.4) is 0 Å². The van der Waals surface area contributed by atoms with Crippen molar-refractivity contribution in [3.63, 3.8) is 0 Å². The molecule has 7 heteroatoms. The maximum Gasteiger partial charge on any atom is 0.220 e. The average Bonchev–Trinajstić information content (AvgIpc) is 3.46. The van der Waals surface area contributed by atoms with E-state index in [2.05, 4.69) is 15.3 Å². The van der Waals surface area contributed by atoms with Crippen LogP contribution in [0.2, 0.25) is 0 Å². The lowest BCUT2D eigenvalue weighted by atomic mass is 9.91. The number of likely N-dealkylation sites (tertiary alicyclic amines) is 1. The minimum Gasteiger partial charge on any atom is -0.376 e. The van der Waals surface area contributed by atoms with Crippen LogP contribution in [0.5, 0.6) is 0 Å². The molecule has 1 N–H and O–H groups in total. The maximum absolute atomic E-state index is 13.8. The summed E-state index contributed by atoms with van der Waals surface area (Å²) in [6, 6.07) is 6.76. The lowest BCUT2D eigenvalue weighted by Crippen LogP contribution is -2.35. The second-order valence-electron chi connectivity index (χ2n) is 8.42. The third kappa shape index (κ3) is 5.67. The first-order chi connectivity index (χ1) is 14.7. The van der Waals surface area contributed by atoms with Gasteiger partial charge in [-0.2, -0.15) is 5.10 Å². The predicted octanol–water partition coefficient (Wildman–Crippen LogP) is 3.30. The van der Waals surface area contributed by atoms with Crippen LogP contribution < -0.4 is 5.32 Å². The molecule has 2 aliphatic rings. The number of carbonyl (C=O) groups is 1. The molecule has 1 amide bonds. The van der Waals surface area contributed by atoms with E-state index >= 15 is 0 Å². The Kier molecular flexibility index (Phi) is 7.12. The highest BCUT2D eigenvalue weighted by Gasteiger charge is 2.22. The lowest BCUT2D eigenvalue weighted by Gasteiger charge is -2.32. The first-order valence-electron chi connectivity index (χ1n) is 11.1. The second-order valence-corrected chi connectivity index (χ2v) is 8.42. The molecular formula is C23H31FN4O2. The molecule has 0 radical (unpaired) electrons. The lowest BCUT2D eigenvalue weighted by molar-refractivity contribution is -0.122. The average molecular weight is 415 g/mol. The zero-order valence-electron chi connectivity index (χ0n) is 17.4. The van der Waals surface area contributed by atoms with Gasteiger partial charge in [0.15, 0.2) is 0 Å². The minimum atomic E-state index is -0.218. The Balaban J connectivity index is 1.21. The van der Waals surface area contributed by atoms with Gasteiger partial charge in [0.05, 0.1) is 11.8 Å². The van der Waals surface area contributed by atoms with E-state index in [1.165, 1.54) is 6.07 Å². The SMILES string of the molecule is O=C(CCC1CCN(Cc2cc(F)ccc2-n2cccn2)CC1)NC[C@H]1CCCO1. The quantitative estimate of drug-likeness (QED) is 0.720. The Bertz CT molecular complexity index is 813. The van der Waals surface area contributed by atoms with E-state index in [0.717, 1.165) is 63.1 Å². The summed E-state index contributed by atoms with van der Waals surface area (Å²) >= 11 is 0. The molecule has 0 unspecified atom stereocenters. The molecule has 2 fully saturated rings. The molecule has 2 aliphatic heterocycles. The molecule has 3 heterocycles. The number of nitrogens with one attached hydrogen (secondary N) is 1. The molecule has 162 valence electrons. The molecule has 2 aromatic rings. The first-order valence-corrected chi connectivity index (χ1v) is 11.1. The summed E-state index contributed by atoms with van der Waals surface area (Å²) in [6.45, 7) is 4.11. The van der Waals surface area contributed by atoms with Gasteiger partial charge in [-0.05, 0) is 80.9 Å². The normalized spacial score (nSPS) is 20.5. The number of ether oxygens (including phenoxy) is 1. The van der Waals surface area contributed by atoms with Gasteiger partial charge in [-0.1, -0.05) is 0 Å². The van der Waals surface area contributed by atoms with Crippen LogP contribution in [0.15, 0.2) is 36.7 Å². The van der Waals surface area contributed by atoms with Crippen molar-refractivity contribution in [3.8, 4) is 5.69 Å². The Morgan fingerprint density at radius 1 is 1.27 bits per heavy atom. The molecule has 30 heavy (non-hydrogen) atoms. The van der Waals surface area contributed by atoms with Crippen molar-refractivity contribution in [2.75, 3.05) is 26.2 Å². The van der Waals surface area contributed by atoms with Gasteiger partial charge in [-0.15, -0.1) is 0 Å². The monoisotopic (exact) mass is 414 g/mol. The van der Waals surface area contributed by atoms with E-state index in [9.17, 15) is 9.18 Å². The number of aromatic nitrogens is 2. The van der Waals surface area contributed by atoms with Gasteiger partial charge in [0.2, 0.25) is 5.91 Å². The summed E-state index contributed by atoms with van der Waals surface area (Å²) in [4.78, 5) is 14.5. The van der Waals surface area contributed by atoms with Crippen molar-refractivity contribution in [1.29, 1.82) is 0 Å². The van der Waals surface area contributed by atoms with Crippen molar-refractivity contribution < 1.29 is 13.9 Å². The second kappa shape index (κ2) is 10.2. The Labute approximate surface area is 177 Å². The van der Waals surface area contributed by atoms with E-state index in [1.807, 2.05) is 12.3 Å². The predicted molar refractivity (Wildman–Crippen MR) is 113 cm³/mol. The van der Waals surface area contributed by atoms with Crippen molar-refractivity contribution in [2.24, 2.45) is 5.92 Å². The van der Waals surface area contributed by atoms with E-state index in [4.69, 9.17) is 4.74 Å². The number of benzene rings is 1. The van der Waals surface area contributed by atoms with Crippen molar-refractivity contribution >= 4 is 5.91 Å². The van der Waals surface area contributed by atoms with Gasteiger partial charge in [0.25, 0.3) is 0 Å². The fourth-order valence-electron chi connectivity index (χ4n) is 4.45. The number of nitrogens with zero attached hydrogens (tertiary/aromatic N) is 3. The summed E-state index contributed by atoms with van der Waals surface area (Å²) in [5.41, 5.74) is 1.87. The van der Waals surface area contributed by atoms with Gasteiger partial charge in [0.1, 0.15) is 5.82 Å². The molecular weight excluding hydrogens is 383 g/mol. The number of halogens is 1. The number of carbonyl (C=O) groups excluding carboxylic acids is 1. The van der Waals surface area contributed by atoms with Gasteiger partial charge >= 0.3 is 0 Å². The molecule has 0 aliphatic carbocycles. The van der Waals surface area contributed by atoms with Crippen LogP contribution in [0, 0.1) is 11.7 Å². The summed E-state index contributed by atoms with van der Waals surface area (Å²) in [6.07, 6.45) is 9.63. The molecule has 6 nitrogen and oxygen atoms in total. The topological polar surface area (TPSA) is 59.4 Å². The number of rotatable bonds is 8. The van der Waals surface area contributed by atoms with Crippen molar-refractivity contribution in [1.82, 2.24) is 20.0 Å². The van der Waals surface area contributed by atoms with Crippen LogP contribution in [-0.2, 0) is 16.1 Å². The van der Waals surface area contributed by atoms with Crippen molar-refractivity contribution in [2.45, 2.75) is 51.2 Å². The summed E-state index contributed by atoms with van der Waals surface area (Å²) < 4.78 is 21.2. The number of hydrogen-bond donors (Lipinski definition) is 1. The third-order valence-corrected chi connectivity index (χ3v) is 6.22.